The predicted molar refractivity (Wildman–Crippen MR) is 118 cm³/mol. The molecule has 0 unspecified atom stereocenters. The van der Waals surface area contributed by atoms with Crippen LogP contribution < -0.4 is 4.74 Å². The van der Waals surface area contributed by atoms with E-state index in [4.69, 9.17) is 23.7 Å². The molecule has 0 amide bonds. The molecule has 0 saturated heterocycles. The van der Waals surface area contributed by atoms with Gasteiger partial charge in [-0.05, 0) is 41.9 Å². The Morgan fingerprint density at radius 1 is 0.621 bits per heavy atom. The highest BCUT2D eigenvalue weighted by molar-refractivity contribution is 5.31. The molecule has 0 aromatic heterocycles. The number of ether oxygens (including phenoxy) is 5. The molecule has 1 aromatic carbocycles. The van der Waals surface area contributed by atoms with Crippen LogP contribution in [0.1, 0.15) is 53.5 Å². The molecule has 5 heteroatoms. The van der Waals surface area contributed by atoms with E-state index in [1.807, 2.05) is 6.92 Å². The number of hydrogen-bond acceptors (Lipinski definition) is 5. The van der Waals surface area contributed by atoms with Crippen LogP contribution in [0, 0.1) is 5.41 Å². The van der Waals surface area contributed by atoms with Crippen molar-refractivity contribution in [2.24, 2.45) is 5.41 Å². The summed E-state index contributed by atoms with van der Waals surface area (Å²) in [6, 6.07) is 8.45. The third-order valence-corrected chi connectivity index (χ3v) is 4.42. The van der Waals surface area contributed by atoms with Crippen molar-refractivity contribution in [3.8, 4) is 5.75 Å². The summed E-state index contributed by atoms with van der Waals surface area (Å²) in [5.74, 6) is 0.879. The fourth-order valence-corrected chi connectivity index (χ4v) is 3.45. The van der Waals surface area contributed by atoms with Crippen molar-refractivity contribution >= 4 is 0 Å². The number of hydrogen-bond donors (Lipinski definition) is 0. The lowest BCUT2D eigenvalue weighted by molar-refractivity contribution is -0.00342. The number of benzene rings is 1. The van der Waals surface area contributed by atoms with Crippen molar-refractivity contribution in [3.63, 3.8) is 0 Å². The summed E-state index contributed by atoms with van der Waals surface area (Å²) in [6.45, 7) is 18.8. The SMILES string of the molecule is CCOCCOCCOCCOCCOc1ccc(C(C)(C)CC(C)(C)C)cc1. The molecule has 0 fully saturated rings. The van der Waals surface area contributed by atoms with Crippen LogP contribution in [-0.4, -0.2) is 59.5 Å². The first-order chi connectivity index (χ1) is 13.7. The van der Waals surface area contributed by atoms with Crippen LogP contribution in [0.3, 0.4) is 0 Å². The minimum absolute atomic E-state index is 0.147. The van der Waals surface area contributed by atoms with Gasteiger partial charge < -0.3 is 23.7 Å². The summed E-state index contributed by atoms with van der Waals surface area (Å²) in [5, 5.41) is 0. The van der Waals surface area contributed by atoms with E-state index in [1.54, 1.807) is 0 Å². The Bertz CT molecular complexity index is 519. The lowest BCUT2D eigenvalue weighted by Crippen LogP contribution is -2.24. The maximum absolute atomic E-state index is 5.77. The van der Waals surface area contributed by atoms with E-state index in [-0.39, 0.29) is 5.41 Å². The average Bonchev–Trinajstić information content (AvgIpc) is 2.64. The maximum Gasteiger partial charge on any atom is 0.119 e. The smallest absolute Gasteiger partial charge is 0.119 e. The summed E-state index contributed by atoms with van der Waals surface area (Å²) in [5.41, 5.74) is 1.79. The molecule has 0 atom stereocenters. The first kappa shape index (κ1) is 25.9. The fraction of sp³-hybridized carbons (Fsp3) is 0.750. The maximum atomic E-state index is 5.77. The summed E-state index contributed by atoms with van der Waals surface area (Å²) >= 11 is 0. The highest BCUT2D eigenvalue weighted by atomic mass is 16.6. The van der Waals surface area contributed by atoms with Crippen LogP contribution >= 0.6 is 0 Å². The van der Waals surface area contributed by atoms with Gasteiger partial charge in [-0.1, -0.05) is 46.8 Å². The first-order valence-corrected chi connectivity index (χ1v) is 10.8. The molecule has 0 heterocycles. The Balaban J connectivity index is 2.08. The molecule has 0 aliphatic rings. The van der Waals surface area contributed by atoms with Gasteiger partial charge in [-0.2, -0.15) is 0 Å². The van der Waals surface area contributed by atoms with Crippen LogP contribution in [0.5, 0.6) is 5.75 Å². The molecule has 1 aromatic rings. The van der Waals surface area contributed by atoms with E-state index < -0.39 is 0 Å². The Morgan fingerprint density at radius 3 is 1.52 bits per heavy atom. The standard InChI is InChI=1S/C24H42O5/c1-7-25-12-13-26-14-15-27-16-17-28-18-19-29-22-10-8-21(9-11-22)24(5,6)20-23(2,3)4/h8-11H,7,12-20H2,1-6H3. The molecule has 0 radical (unpaired) electrons. The highest BCUT2D eigenvalue weighted by Crippen LogP contribution is 2.36. The Kier molecular flexibility index (Phi) is 12.5. The van der Waals surface area contributed by atoms with Gasteiger partial charge in [0.2, 0.25) is 0 Å². The minimum Gasteiger partial charge on any atom is -0.491 e. The zero-order valence-corrected chi connectivity index (χ0v) is 19.4. The molecule has 0 N–H and O–H groups in total. The number of rotatable bonds is 16. The van der Waals surface area contributed by atoms with Crippen LogP contribution in [0.15, 0.2) is 24.3 Å². The topological polar surface area (TPSA) is 46.2 Å². The van der Waals surface area contributed by atoms with E-state index in [1.165, 1.54) is 5.56 Å². The molecule has 0 aliphatic heterocycles. The van der Waals surface area contributed by atoms with Crippen molar-refractivity contribution in [1.29, 1.82) is 0 Å². The largest absolute Gasteiger partial charge is 0.491 e. The summed E-state index contributed by atoms with van der Waals surface area (Å²) in [7, 11) is 0. The second-order valence-corrected chi connectivity index (χ2v) is 9.03. The third kappa shape index (κ3) is 12.9. The first-order valence-electron chi connectivity index (χ1n) is 10.8. The van der Waals surface area contributed by atoms with E-state index in [0.717, 1.165) is 18.8 Å². The molecule has 0 saturated carbocycles. The van der Waals surface area contributed by atoms with Gasteiger partial charge in [0.1, 0.15) is 12.4 Å². The van der Waals surface area contributed by atoms with E-state index in [9.17, 15) is 0 Å². The Morgan fingerprint density at radius 2 is 1.07 bits per heavy atom. The van der Waals surface area contributed by atoms with Crippen LogP contribution in [-0.2, 0) is 24.4 Å². The molecular formula is C24H42O5. The van der Waals surface area contributed by atoms with Crippen molar-refractivity contribution in [1.82, 2.24) is 0 Å². The summed E-state index contributed by atoms with van der Waals surface area (Å²) in [6.07, 6.45) is 1.13. The van der Waals surface area contributed by atoms with Gasteiger partial charge >= 0.3 is 0 Å². The van der Waals surface area contributed by atoms with Crippen LogP contribution in [0.2, 0.25) is 0 Å². The molecule has 0 bridgehead atoms. The average molecular weight is 411 g/mol. The van der Waals surface area contributed by atoms with Gasteiger partial charge in [-0.3, -0.25) is 0 Å². The second kappa shape index (κ2) is 14.0. The van der Waals surface area contributed by atoms with Gasteiger partial charge in [-0.15, -0.1) is 0 Å². The van der Waals surface area contributed by atoms with Gasteiger partial charge in [0, 0.05) is 6.61 Å². The third-order valence-electron chi connectivity index (χ3n) is 4.42. The summed E-state index contributed by atoms with van der Waals surface area (Å²) in [4.78, 5) is 0. The lowest BCUT2D eigenvalue weighted by atomic mass is 9.72. The fourth-order valence-electron chi connectivity index (χ4n) is 3.45. The van der Waals surface area contributed by atoms with Crippen molar-refractivity contribution < 1.29 is 23.7 Å². The zero-order valence-electron chi connectivity index (χ0n) is 19.4. The second-order valence-electron chi connectivity index (χ2n) is 9.03. The predicted octanol–water partition coefficient (Wildman–Crippen LogP) is 4.87. The molecule has 0 aliphatic carbocycles. The Labute approximate surface area is 178 Å². The van der Waals surface area contributed by atoms with E-state index >= 15 is 0 Å². The van der Waals surface area contributed by atoms with E-state index in [2.05, 4.69) is 58.9 Å². The quantitative estimate of drug-likeness (QED) is 0.364. The highest BCUT2D eigenvalue weighted by Gasteiger charge is 2.27. The minimum atomic E-state index is 0.147. The molecule has 0 spiro atoms. The lowest BCUT2D eigenvalue weighted by Gasteiger charge is -2.33. The van der Waals surface area contributed by atoms with Gasteiger partial charge in [0.15, 0.2) is 0 Å². The van der Waals surface area contributed by atoms with Crippen LogP contribution in [0.4, 0.5) is 0 Å². The van der Waals surface area contributed by atoms with Crippen molar-refractivity contribution in [2.75, 3.05) is 59.5 Å². The summed E-state index contributed by atoms with van der Waals surface area (Å²) < 4.78 is 27.3. The molecule has 168 valence electrons. The molecular weight excluding hydrogens is 368 g/mol. The zero-order chi connectivity index (χ0) is 21.6. The van der Waals surface area contributed by atoms with E-state index in [0.29, 0.717) is 58.3 Å². The Hall–Kier alpha value is -1.14. The van der Waals surface area contributed by atoms with Crippen LogP contribution in [0.25, 0.3) is 0 Å². The van der Waals surface area contributed by atoms with Gasteiger partial charge in [0.05, 0.1) is 46.2 Å². The monoisotopic (exact) mass is 410 g/mol. The molecule has 5 nitrogen and oxygen atoms in total. The van der Waals surface area contributed by atoms with Crippen molar-refractivity contribution in [2.45, 2.75) is 53.4 Å². The normalized spacial score (nSPS) is 12.3. The molecule has 1 rings (SSSR count). The van der Waals surface area contributed by atoms with Gasteiger partial charge in [-0.25, -0.2) is 0 Å². The molecule has 29 heavy (non-hydrogen) atoms. The van der Waals surface area contributed by atoms with Gasteiger partial charge in [0.25, 0.3) is 0 Å². The van der Waals surface area contributed by atoms with Crippen molar-refractivity contribution in [3.05, 3.63) is 29.8 Å².